The van der Waals surface area contributed by atoms with Crippen LogP contribution in [0.4, 0.5) is 0 Å². The van der Waals surface area contributed by atoms with Crippen LogP contribution < -0.4 is 5.48 Å². The number of rotatable bonds is 5. The van der Waals surface area contributed by atoms with Crippen LogP contribution in [0.25, 0.3) is 10.2 Å². The topological polar surface area (TPSA) is 51.2 Å². The van der Waals surface area contributed by atoms with Crippen LogP contribution in [0.1, 0.15) is 24.8 Å². The van der Waals surface area contributed by atoms with Crippen molar-refractivity contribution in [2.24, 2.45) is 0 Å². The Morgan fingerprint density at radius 1 is 1.47 bits per heavy atom. The van der Waals surface area contributed by atoms with E-state index in [2.05, 4.69) is 10.5 Å². The maximum Gasteiger partial charge on any atom is 0.324 e. The van der Waals surface area contributed by atoms with Gasteiger partial charge in [-0.25, -0.2) is 4.98 Å². The lowest BCUT2D eigenvalue weighted by Gasteiger charge is -2.02. The van der Waals surface area contributed by atoms with Crippen LogP contribution in [-0.4, -0.2) is 11.0 Å². The second-order valence-electron chi connectivity index (χ2n) is 3.62. The van der Waals surface area contributed by atoms with Gasteiger partial charge in [-0.15, -0.1) is 16.8 Å². The third-order valence-corrected chi connectivity index (χ3v) is 3.24. The molecule has 0 unspecified atom stereocenters. The van der Waals surface area contributed by atoms with Gasteiger partial charge in [-0.05, 0) is 18.6 Å². The van der Waals surface area contributed by atoms with Gasteiger partial charge in [0.15, 0.2) is 0 Å². The van der Waals surface area contributed by atoms with Crippen LogP contribution in [0, 0.1) is 0 Å². The van der Waals surface area contributed by atoms with Gasteiger partial charge in [-0.1, -0.05) is 19.1 Å². The summed E-state index contributed by atoms with van der Waals surface area (Å²) in [6.45, 7) is 2.39. The molecule has 90 valence electrons. The largest absolute Gasteiger partial charge is 0.370 e. The molecule has 0 saturated heterocycles. The predicted octanol–water partition coefficient (Wildman–Crippen LogP) is 2.64. The molecule has 1 N–H and O–H groups in total. The lowest BCUT2D eigenvalue weighted by atomic mass is 10.3. The number of carbonyl (C=O) groups excluding carboxylic acids is 1. The maximum absolute atomic E-state index is 11.1. The SMILES string of the molecule is CCCC(=O)ONCc1nc2ccccc2s1. The van der Waals surface area contributed by atoms with Crippen LogP contribution in [-0.2, 0) is 16.2 Å². The molecular weight excluding hydrogens is 236 g/mol. The average Bonchev–Trinajstić information content (AvgIpc) is 2.71. The van der Waals surface area contributed by atoms with Crippen LogP contribution in [0.15, 0.2) is 24.3 Å². The van der Waals surface area contributed by atoms with Crippen molar-refractivity contribution in [1.82, 2.24) is 10.5 Å². The van der Waals surface area contributed by atoms with Gasteiger partial charge in [-0.3, -0.25) is 4.79 Å². The molecule has 1 aromatic heterocycles. The summed E-state index contributed by atoms with van der Waals surface area (Å²) in [5, 5.41) is 0.912. The Morgan fingerprint density at radius 3 is 3.06 bits per heavy atom. The smallest absolute Gasteiger partial charge is 0.324 e. The fraction of sp³-hybridized carbons (Fsp3) is 0.333. The quantitative estimate of drug-likeness (QED) is 0.829. The maximum atomic E-state index is 11.1. The van der Waals surface area contributed by atoms with E-state index in [-0.39, 0.29) is 5.97 Å². The average molecular weight is 250 g/mol. The summed E-state index contributed by atoms with van der Waals surface area (Å²) < 4.78 is 1.14. The molecule has 0 amide bonds. The van der Waals surface area contributed by atoms with E-state index in [1.165, 1.54) is 0 Å². The normalized spacial score (nSPS) is 10.6. The first-order chi connectivity index (χ1) is 8.29. The van der Waals surface area contributed by atoms with E-state index in [1.54, 1.807) is 11.3 Å². The van der Waals surface area contributed by atoms with Gasteiger partial charge in [0.2, 0.25) is 0 Å². The van der Waals surface area contributed by atoms with Crippen LogP contribution in [0.2, 0.25) is 0 Å². The molecule has 2 aromatic rings. The van der Waals surface area contributed by atoms with Gasteiger partial charge in [0.1, 0.15) is 5.01 Å². The third-order valence-electron chi connectivity index (χ3n) is 2.20. The van der Waals surface area contributed by atoms with Gasteiger partial charge in [0, 0.05) is 6.42 Å². The van der Waals surface area contributed by atoms with Crippen molar-refractivity contribution in [2.45, 2.75) is 26.3 Å². The summed E-state index contributed by atoms with van der Waals surface area (Å²) in [6, 6.07) is 7.94. The molecule has 17 heavy (non-hydrogen) atoms. The highest BCUT2D eigenvalue weighted by molar-refractivity contribution is 7.18. The van der Waals surface area contributed by atoms with Gasteiger partial charge in [0.25, 0.3) is 0 Å². The van der Waals surface area contributed by atoms with Crippen molar-refractivity contribution in [3.8, 4) is 0 Å². The number of hydroxylamine groups is 1. The molecule has 0 aliphatic heterocycles. The molecule has 0 fully saturated rings. The van der Waals surface area contributed by atoms with E-state index in [0.717, 1.165) is 21.6 Å². The number of para-hydroxylation sites is 1. The number of nitrogens with one attached hydrogen (secondary N) is 1. The summed E-state index contributed by atoms with van der Waals surface area (Å²) in [7, 11) is 0. The summed E-state index contributed by atoms with van der Waals surface area (Å²) in [4.78, 5) is 20.4. The van der Waals surface area contributed by atoms with E-state index in [1.807, 2.05) is 31.2 Å². The number of hydrogen-bond donors (Lipinski definition) is 1. The molecule has 5 heteroatoms. The number of carbonyl (C=O) groups is 1. The molecular formula is C12H14N2O2S. The van der Waals surface area contributed by atoms with Crippen molar-refractivity contribution < 1.29 is 9.63 Å². The molecule has 1 heterocycles. The van der Waals surface area contributed by atoms with E-state index in [0.29, 0.717) is 13.0 Å². The Kier molecular flexibility index (Phi) is 4.06. The molecule has 0 bridgehead atoms. The fourth-order valence-corrected chi connectivity index (χ4v) is 2.32. The number of nitrogens with zero attached hydrogens (tertiary/aromatic N) is 1. The van der Waals surface area contributed by atoms with E-state index < -0.39 is 0 Å². The van der Waals surface area contributed by atoms with Crippen LogP contribution >= 0.6 is 11.3 Å². The number of thiazole rings is 1. The van der Waals surface area contributed by atoms with Crippen molar-refractivity contribution in [2.75, 3.05) is 0 Å². The number of hydrogen-bond acceptors (Lipinski definition) is 5. The van der Waals surface area contributed by atoms with Gasteiger partial charge < -0.3 is 4.84 Å². The van der Waals surface area contributed by atoms with Crippen LogP contribution in [0.3, 0.4) is 0 Å². The Balaban J connectivity index is 1.89. The summed E-state index contributed by atoms with van der Waals surface area (Å²) in [6.07, 6.45) is 1.23. The molecule has 0 aliphatic rings. The van der Waals surface area contributed by atoms with Crippen molar-refractivity contribution in [3.05, 3.63) is 29.3 Å². The summed E-state index contributed by atoms with van der Waals surface area (Å²) in [5.74, 6) is -0.228. The van der Waals surface area contributed by atoms with Gasteiger partial charge >= 0.3 is 5.97 Å². The lowest BCUT2D eigenvalue weighted by Crippen LogP contribution is -2.19. The first kappa shape index (κ1) is 12.0. The van der Waals surface area contributed by atoms with Crippen molar-refractivity contribution in [1.29, 1.82) is 0 Å². The van der Waals surface area contributed by atoms with E-state index >= 15 is 0 Å². The van der Waals surface area contributed by atoms with E-state index in [4.69, 9.17) is 4.84 Å². The Morgan fingerprint density at radius 2 is 2.29 bits per heavy atom. The van der Waals surface area contributed by atoms with Gasteiger partial charge in [0.05, 0.1) is 16.8 Å². The monoisotopic (exact) mass is 250 g/mol. The zero-order valence-electron chi connectivity index (χ0n) is 9.60. The number of benzene rings is 1. The Hall–Kier alpha value is -1.46. The summed E-state index contributed by atoms with van der Waals surface area (Å²) in [5.41, 5.74) is 3.63. The minimum atomic E-state index is -0.228. The standard InChI is InChI=1S/C12H14N2O2S/c1-2-5-12(15)16-13-8-11-14-9-6-3-4-7-10(9)17-11/h3-4,6-7,13H,2,5,8H2,1H3. The second kappa shape index (κ2) is 5.75. The van der Waals surface area contributed by atoms with Gasteiger partial charge in [-0.2, -0.15) is 0 Å². The summed E-state index contributed by atoms with van der Waals surface area (Å²) >= 11 is 1.60. The molecule has 1 aromatic carbocycles. The van der Waals surface area contributed by atoms with E-state index in [9.17, 15) is 4.79 Å². The molecule has 0 spiro atoms. The highest BCUT2D eigenvalue weighted by atomic mass is 32.1. The molecule has 0 radical (unpaired) electrons. The first-order valence-electron chi connectivity index (χ1n) is 5.56. The third kappa shape index (κ3) is 3.25. The Bertz CT molecular complexity index is 477. The molecule has 4 nitrogen and oxygen atoms in total. The molecule has 0 aliphatic carbocycles. The zero-order valence-corrected chi connectivity index (χ0v) is 10.4. The van der Waals surface area contributed by atoms with Crippen molar-refractivity contribution in [3.63, 3.8) is 0 Å². The highest BCUT2D eigenvalue weighted by Crippen LogP contribution is 2.21. The minimum absolute atomic E-state index is 0.228. The zero-order chi connectivity index (χ0) is 12.1. The molecule has 2 rings (SSSR count). The molecule has 0 saturated carbocycles. The second-order valence-corrected chi connectivity index (χ2v) is 4.74. The fourth-order valence-electron chi connectivity index (χ4n) is 1.43. The Labute approximate surface area is 104 Å². The molecule has 0 atom stereocenters. The number of fused-ring (bicyclic) bond motifs is 1. The minimum Gasteiger partial charge on any atom is -0.370 e. The first-order valence-corrected chi connectivity index (χ1v) is 6.38. The lowest BCUT2D eigenvalue weighted by molar-refractivity contribution is -0.151. The highest BCUT2D eigenvalue weighted by Gasteiger charge is 2.04. The predicted molar refractivity (Wildman–Crippen MR) is 67.5 cm³/mol. The number of aromatic nitrogens is 1. The van der Waals surface area contributed by atoms with Crippen molar-refractivity contribution >= 4 is 27.5 Å². The van der Waals surface area contributed by atoms with Crippen LogP contribution in [0.5, 0.6) is 0 Å².